The molecule has 1 aliphatic rings. The molecule has 3 nitrogen and oxygen atoms in total. The Kier molecular flexibility index (Phi) is 4.35. The van der Waals surface area contributed by atoms with Crippen LogP contribution in [0.25, 0.3) is 0 Å². The number of rotatable bonds is 4. The van der Waals surface area contributed by atoms with Crippen molar-refractivity contribution in [3.63, 3.8) is 0 Å². The number of esters is 1. The molecule has 0 bridgehead atoms. The molecule has 1 aromatic carbocycles. The van der Waals surface area contributed by atoms with E-state index in [1.807, 2.05) is 6.07 Å². The van der Waals surface area contributed by atoms with Crippen LogP contribution >= 0.6 is 11.6 Å². The molecule has 0 radical (unpaired) electrons. The number of anilines is 1. The molecular weight excluding hydrogens is 262 g/mol. The van der Waals surface area contributed by atoms with Crippen molar-refractivity contribution < 1.29 is 9.53 Å². The third-order valence-electron chi connectivity index (χ3n) is 3.86. The van der Waals surface area contributed by atoms with E-state index < -0.39 is 5.97 Å². The zero-order valence-corrected chi connectivity index (χ0v) is 12.3. The lowest BCUT2D eigenvalue weighted by Crippen LogP contribution is -2.37. The summed E-state index contributed by atoms with van der Waals surface area (Å²) in [5, 5.41) is 3.87. The van der Waals surface area contributed by atoms with E-state index in [-0.39, 0.29) is 0 Å². The summed E-state index contributed by atoms with van der Waals surface area (Å²) < 4.78 is 4.71. The highest BCUT2D eigenvalue weighted by molar-refractivity contribution is 6.33. The Morgan fingerprint density at radius 1 is 1.42 bits per heavy atom. The lowest BCUT2D eigenvalue weighted by Gasteiger charge is -2.39. The van der Waals surface area contributed by atoms with Gasteiger partial charge in [0.1, 0.15) is 0 Å². The summed E-state index contributed by atoms with van der Waals surface area (Å²) in [5.41, 5.74) is 1.34. The van der Waals surface area contributed by atoms with Crippen LogP contribution in [-0.2, 0) is 4.74 Å². The van der Waals surface area contributed by atoms with E-state index in [0.29, 0.717) is 16.6 Å². The minimum atomic E-state index is -0.401. The number of ether oxygens (including phenoxy) is 1. The summed E-state index contributed by atoms with van der Waals surface area (Å²) in [6.07, 6.45) is 2.38. The molecule has 104 valence electrons. The molecule has 0 atom stereocenters. The van der Waals surface area contributed by atoms with Gasteiger partial charge in [0.25, 0.3) is 0 Å². The normalized spacial score (nSPS) is 21.9. The lowest BCUT2D eigenvalue weighted by molar-refractivity contribution is 0.0601. The summed E-state index contributed by atoms with van der Waals surface area (Å²) in [6.45, 7) is 4.52. The summed E-state index contributed by atoms with van der Waals surface area (Å²) in [6, 6.07) is 5.89. The van der Waals surface area contributed by atoms with Crippen molar-refractivity contribution in [3.05, 3.63) is 28.8 Å². The van der Waals surface area contributed by atoms with Gasteiger partial charge in [-0.3, -0.25) is 0 Å². The Balaban J connectivity index is 2.00. The zero-order chi connectivity index (χ0) is 14.0. The van der Waals surface area contributed by atoms with Crippen molar-refractivity contribution in [3.8, 4) is 0 Å². The second kappa shape index (κ2) is 5.83. The van der Waals surface area contributed by atoms with Gasteiger partial charge in [0, 0.05) is 11.7 Å². The van der Waals surface area contributed by atoms with Gasteiger partial charge >= 0.3 is 5.97 Å². The topological polar surface area (TPSA) is 38.3 Å². The van der Waals surface area contributed by atoms with Crippen LogP contribution in [0.5, 0.6) is 0 Å². The molecule has 0 saturated heterocycles. The van der Waals surface area contributed by atoms with Crippen molar-refractivity contribution in [1.29, 1.82) is 0 Å². The monoisotopic (exact) mass is 281 g/mol. The molecule has 0 aliphatic heterocycles. The Labute approximate surface area is 119 Å². The molecule has 4 heteroatoms. The number of benzene rings is 1. The fourth-order valence-corrected chi connectivity index (χ4v) is 2.64. The van der Waals surface area contributed by atoms with Crippen LogP contribution in [-0.4, -0.2) is 19.1 Å². The first-order valence-electron chi connectivity index (χ1n) is 6.65. The Morgan fingerprint density at radius 3 is 2.68 bits per heavy atom. The summed E-state index contributed by atoms with van der Waals surface area (Å²) in [5.74, 6) is 1.15. The standard InChI is InChI=1S/C15H20ClNO2/c1-9(2)10-6-12(7-10)17-11-4-5-14(16)13(8-11)15(18)19-3/h4-5,8-10,12,17H,6-7H2,1-3H3. The van der Waals surface area contributed by atoms with E-state index in [2.05, 4.69) is 19.2 Å². The highest BCUT2D eigenvalue weighted by Gasteiger charge is 2.31. The molecule has 1 N–H and O–H groups in total. The maximum absolute atomic E-state index is 11.6. The van der Waals surface area contributed by atoms with Gasteiger partial charge in [0.05, 0.1) is 17.7 Å². The Bertz CT molecular complexity index is 467. The minimum absolute atomic E-state index is 0.401. The molecule has 1 aliphatic carbocycles. The van der Waals surface area contributed by atoms with Crippen molar-refractivity contribution in [1.82, 2.24) is 0 Å². The lowest BCUT2D eigenvalue weighted by atomic mass is 9.73. The predicted octanol–water partition coefficient (Wildman–Crippen LogP) is 3.97. The van der Waals surface area contributed by atoms with Gasteiger partial charge in [-0.2, -0.15) is 0 Å². The molecule has 0 unspecified atom stereocenters. The van der Waals surface area contributed by atoms with Gasteiger partial charge in [0.15, 0.2) is 0 Å². The van der Waals surface area contributed by atoms with Gasteiger partial charge in [-0.1, -0.05) is 25.4 Å². The predicted molar refractivity (Wildman–Crippen MR) is 77.8 cm³/mol. The number of halogens is 1. The molecule has 1 saturated carbocycles. The molecule has 0 heterocycles. The van der Waals surface area contributed by atoms with Gasteiger partial charge in [-0.15, -0.1) is 0 Å². The largest absolute Gasteiger partial charge is 0.465 e. The average Bonchev–Trinajstić information content (AvgIpc) is 2.33. The van der Waals surface area contributed by atoms with E-state index in [4.69, 9.17) is 16.3 Å². The molecule has 1 fully saturated rings. The van der Waals surface area contributed by atoms with Crippen molar-refractivity contribution >= 4 is 23.3 Å². The van der Waals surface area contributed by atoms with Gasteiger partial charge in [-0.05, 0) is 42.9 Å². The molecule has 0 aromatic heterocycles. The maximum Gasteiger partial charge on any atom is 0.339 e. The van der Waals surface area contributed by atoms with E-state index >= 15 is 0 Å². The van der Waals surface area contributed by atoms with Crippen LogP contribution in [0.2, 0.25) is 5.02 Å². The third-order valence-corrected chi connectivity index (χ3v) is 4.19. The third kappa shape index (κ3) is 3.21. The van der Waals surface area contributed by atoms with Gasteiger partial charge in [-0.25, -0.2) is 4.79 Å². The van der Waals surface area contributed by atoms with Gasteiger partial charge in [0.2, 0.25) is 0 Å². The van der Waals surface area contributed by atoms with Crippen LogP contribution in [0.1, 0.15) is 37.0 Å². The number of carbonyl (C=O) groups is 1. The first-order valence-corrected chi connectivity index (χ1v) is 7.03. The molecule has 0 spiro atoms. The fourth-order valence-electron chi connectivity index (χ4n) is 2.44. The number of hydrogen-bond acceptors (Lipinski definition) is 3. The van der Waals surface area contributed by atoms with E-state index in [9.17, 15) is 4.79 Å². The smallest absolute Gasteiger partial charge is 0.339 e. The van der Waals surface area contributed by atoms with Crippen LogP contribution in [0.4, 0.5) is 5.69 Å². The highest BCUT2D eigenvalue weighted by atomic mass is 35.5. The van der Waals surface area contributed by atoms with Crippen LogP contribution in [0.15, 0.2) is 18.2 Å². The minimum Gasteiger partial charge on any atom is -0.465 e. The fraction of sp³-hybridized carbons (Fsp3) is 0.533. The van der Waals surface area contributed by atoms with Crippen molar-refractivity contribution in [2.45, 2.75) is 32.7 Å². The van der Waals surface area contributed by atoms with E-state index in [1.54, 1.807) is 12.1 Å². The summed E-state index contributed by atoms with van der Waals surface area (Å²) >= 11 is 5.99. The molecular formula is C15H20ClNO2. The number of nitrogens with one attached hydrogen (secondary N) is 1. The second-order valence-corrected chi connectivity index (χ2v) is 5.91. The van der Waals surface area contributed by atoms with E-state index in [0.717, 1.165) is 17.5 Å². The first-order chi connectivity index (χ1) is 9.01. The summed E-state index contributed by atoms with van der Waals surface area (Å²) in [7, 11) is 1.36. The second-order valence-electron chi connectivity index (χ2n) is 5.50. The SMILES string of the molecule is COC(=O)c1cc(NC2CC(C(C)C)C2)ccc1Cl. The maximum atomic E-state index is 11.6. The number of methoxy groups -OCH3 is 1. The first kappa shape index (κ1) is 14.2. The quantitative estimate of drug-likeness (QED) is 0.849. The van der Waals surface area contributed by atoms with Crippen molar-refractivity contribution in [2.24, 2.45) is 11.8 Å². The van der Waals surface area contributed by atoms with E-state index in [1.165, 1.54) is 20.0 Å². The van der Waals surface area contributed by atoms with Crippen LogP contribution in [0.3, 0.4) is 0 Å². The van der Waals surface area contributed by atoms with Crippen LogP contribution < -0.4 is 5.32 Å². The summed E-state index contributed by atoms with van der Waals surface area (Å²) in [4.78, 5) is 11.6. The molecule has 19 heavy (non-hydrogen) atoms. The Morgan fingerprint density at radius 2 is 2.11 bits per heavy atom. The number of carbonyl (C=O) groups excluding carboxylic acids is 1. The molecule has 2 rings (SSSR count). The Hall–Kier alpha value is -1.22. The van der Waals surface area contributed by atoms with Crippen molar-refractivity contribution in [2.75, 3.05) is 12.4 Å². The van der Waals surface area contributed by atoms with Crippen LogP contribution in [0, 0.1) is 11.8 Å². The average molecular weight is 282 g/mol. The molecule has 0 amide bonds. The highest BCUT2D eigenvalue weighted by Crippen LogP contribution is 2.35. The zero-order valence-electron chi connectivity index (χ0n) is 11.6. The number of hydrogen-bond donors (Lipinski definition) is 1. The van der Waals surface area contributed by atoms with Gasteiger partial charge < -0.3 is 10.1 Å². The molecule has 1 aromatic rings.